The molecule has 0 radical (unpaired) electrons. The molecule has 3 saturated carbocycles. The Bertz CT molecular complexity index is 826. The first-order chi connectivity index (χ1) is 12.8. The third kappa shape index (κ3) is 1.91. The van der Waals surface area contributed by atoms with Crippen molar-refractivity contribution in [1.82, 2.24) is 0 Å². The second-order valence-corrected chi connectivity index (χ2v) is 9.18. The predicted molar refractivity (Wildman–Crippen MR) is 92.6 cm³/mol. The molecule has 0 heterocycles. The van der Waals surface area contributed by atoms with Crippen molar-refractivity contribution < 1.29 is 38.8 Å². The minimum atomic E-state index is -2.57. The molecule has 4 aliphatic rings. The van der Waals surface area contributed by atoms with Crippen LogP contribution in [0.1, 0.15) is 33.1 Å². The van der Waals surface area contributed by atoms with Crippen LogP contribution in [0.2, 0.25) is 0 Å². The normalized spacial score (nSPS) is 55.2. The Morgan fingerprint density at radius 3 is 2.43 bits per heavy atom. The minimum Gasteiger partial charge on any atom is -0.479 e. The lowest BCUT2D eigenvalue weighted by molar-refractivity contribution is -0.232. The lowest BCUT2D eigenvalue weighted by Gasteiger charge is -2.62. The van der Waals surface area contributed by atoms with Crippen LogP contribution in [0.15, 0.2) is 23.8 Å². The lowest BCUT2D eigenvalue weighted by atomic mass is 9.44. The quantitative estimate of drug-likeness (QED) is 0.526. The molecular formula is C20H24F2O6. The Hall–Kier alpha value is -1.64. The molecule has 28 heavy (non-hydrogen) atoms. The maximum atomic E-state index is 16.7. The first kappa shape index (κ1) is 19.7. The smallest absolute Gasteiger partial charge is 0.339 e. The number of carboxylic acids is 1. The van der Waals surface area contributed by atoms with Crippen LogP contribution in [0.4, 0.5) is 8.78 Å². The molecule has 0 unspecified atom stereocenters. The number of aliphatic hydroxyl groups is 3. The van der Waals surface area contributed by atoms with Crippen molar-refractivity contribution in [1.29, 1.82) is 0 Å². The second-order valence-electron chi connectivity index (χ2n) is 9.18. The average molecular weight is 398 g/mol. The number of aliphatic carboxylic acids is 1. The molecule has 9 atom stereocenters. The fourth-order valence-electron chi connectivity index (χ4n) is 6.60. The summed E-state index contributed by atoms with van der Waals surface area (Å²) in [5.74, 6) is -4.10. The summed E-state index contributed by atoms with van der Waals surface area (Å²) < 4.78 is 31.8. The van der Waals surface area contributed by atoms with Crippen molar-refractivity contribution in [2.75, 3.05) is 0 Å². The van der Waals surface area contributed by atoms with Gasteiger partial charge in [-0.3, -0.25) is 4.79 Å². The van der Waals surface area contributed by atoms with Crippen molar-refractivity contribution in [2.24, 2.45) is 22.7 Å². The van der Waals surface area contributed by atoms with Gasteiger partial charge in [-0.2, -0.15) is 0 Å². The van der Waals surface area contributed by atoms with Crippen LogP contribution < -0.4 is 0 Å². The zero-order chi connectivity index (χ0) is 20.9. The molecular weight excluding hydrogens is 374 g/mol. The molecule has 0 spiro atoms. The predicted octanol–water partition coefficient (Wildman–Crippen LogP) is 1.09. The van der Waals surface area contributed by atoms with E-state index in [0.29, 0.717) is 0 Å². The summed E-state index contributed by atoms with van der Waals surface area (Å²) in [6.07, 6.45) is -2.52. The molecule has 0 saturated heterocycles. The van der Waals surface area contributed by atoms with Gasteiger partial charge in [-0.25, -0.2) is 13.6 Å². The number of aliphatic hydroxyl groups excluding tert-OH is 2. The van der Waals surface area contributed by atoms with Gasteiger partial charge >= 0.3 is 5.97 Å². The van der Waals surface area contributed by atoms with E-state index in [2.05, 4.69) is 0 Å². The van der Waals surface area contributed by atoms with Crippen molar-refractivity contribution in [3.05, 3.63) is 23.8 Å². The van der Waals surface area contributed by atoms with E-state index in [1.807, 2.05) is 0 Å². The monoisotopic (exact) mass is 398 g/mol. The van der Waals surface area contributed by atoms with Gasteiger partial charge in [0.2, 0.25) is 0 Å². The standard InChI is InChI=1S/C20H24F2O6/c1-17-4-3-9(23)5-12(17)13(21)6-11-10-7-14(24)20(28,16(26)27)18(10,2)8-15(25)19(11,17)22/h3-5,10-11,13-15,24-25,28H,6-8H2,1-2H3,(H,26,27)/t10-,11-,13-,14+,15+,17-,18-,19-,20-/m0/s1. The summed E-state index contributed by atoms with van der Waals surface area (Å²) in [4.78, 5) is 23.6. The van der Waals surface area contributed by atoms with Gasteiger partial charge in [0.05, 0.1) is 12.2 Å². The Morgan fingerprint density at radius 1 is 1.18 bits per heavy atom. The van der Waals surface area contributed by atoms with E-state index in [9.17, 15) is 30.0 Å². The third-order valence-electron chi connectivity index (χ3n) is 8.17. The molecule has 0 aromatic rings. The highest BCUT2D eigenvalue weighted by Crippen LogP contribution is 2.69. The molecule has 0 aliphatic heterocycles. The van der Waals surface area contributed by atoms with E-state index < -0.39 is 70.5 Å². The van der Waals surface area contributed by atoms with Crippen molar-refractivity contribution in [3.8, 4) is 0 Å². The van der Waals surface area contributed by atoms with E-state index in [1.165, 1.54) is 19.9 Å². The molecule has 8 heteroatoms. The number of carbonyl (C=O) groups is 2. The third-order valence-corrected chi connectivity index (χ3v) is 8.17. The summed E-state index contributed by atoms with van der Waals surface area (Å²) >= 11 is 0. The van der Waals surface area contributed by atoms with Gasteiger partial charge in [-0.1, -0.05) is 13.0 Å². The van der Waals surface area contributed by atoms with E-state index >= 15 is 8.78 Å². The summed E-state index contributed by atoms with van der Waals surface area (Å²) in [5, 5.41) is 41.7. The number of rotatable bonds is 1. The zero-order valence-corrected chi connectivity index (χ0v) is 15.6. The van der Waals surface area contributed by atoms with Crippen LogP contribution >= 0.6 is 0 Å². The molecule has 0 bridgehead atoms. The molecule has 4 aliphatic carbocycles. The Labute approximate surface area is 160 Å². The van der Waals surface area contributed by atoms with Gasteiger partial charge in [-0.15, -0.1) is 0 Å². The number of carboxylic acid groups (broad SMARTS) is 1. The van der Waals surface area contributed by atoms with Crippen molar-refractivity contribution in [3.63, 3.8) is 0 Å². The summed E-state index contributed by atoms with van der Waals surface area (Å²) in [6, 6.07) is 0. The van der Waals surface area contributed by atoms with Crippen LogP contribution in [-0.4, -0.2) is 61.8 Å². The zero-order valence-electron chi connectivity index (χ0n) is 15.6. The number of carbonyl (C=O) groups excluding carboxylic acids is 1. The maximum absolute atomic E-state index is 16.7. The van der Waals surface area contributed by atoms with E-state index in [-0.39, 0.29) is 18.4 Å². The Morgan fingerprint density at radius 2 is 1.82 bits per heavy atom. The van der Waals surface area contributed by atoms with E-state index in [1.54, 1.807) is 0 Å². The van der Waals surface area contributed by atoms with Crippen LogP contribution in [0.3, 0.4) is 0 Å². The Kier molecular flexibility index (Phi) is 3.86. The number of fused-ring (bicyclic) bond motifs is 5. The SMILES string of the molecule is C[C@]12C=CC(=O)C=C1[C@@H](F)C[C@H]1[C@@H]3C[C@@H](O)[C@](O)(C(=O)O)[C@@]3(C)C[C@@H](O)[C@@]12F. The number of hydrogen-bond acceptors (Lipinski definition) is 5. The first-order valence-corrected chi connectivity index (χ1v) is 9.44. The highest BCUT2D eigenvalue weighted by molar-refractivity contribution is 6.01. The van der Waals surface area contributed by atoms with Crippen LogP contribution in [0.5, 0.6) is 0 Å². The Balaban J connectivity index is 1.88. The van der Waals surface area contributed by atoms with Gasteiger partial charge in [0, 0.05) is 16.7 Å². The molecule has 6 nitrogen and oxygen atoms in total. The van der Waals surface area contributed by atoms with E-state index in [0.717, 1.165) is 12.2 Å². The fourth-order valence-corrected chi connectivity index (χ4v) is 6.60. The summed E-state index contributed by atoms with van der Waals surface area (Å²) in [5.41, 5.74) is -8.09. The first-order valence-electron chi connectivity index (χ1n) is 9.44. The highest BCUT2D eigenvalue weighted by Gasteiger charge is 2.77. The van der Waals surface area contributed by atoms with Crippen molar-refractivity contribution in [2.45, 2.75) is 62.8 Å². The number of allylic oxidation sites excluding steroid dienone is 4. The molecule has 3 fully saturated rings. The van der Waals surface area contributed by atoms with Crippen LogP contribution in [0.25, 0.3) is 0 Å². The second kappa shape index (κ2) is 5.49. The topological polar surface area (TPSA) is 115 Å². The summed E-state index contributed by atoms with van der Waals surface area (Å²) in [6.45, 7) is 2.84. The molecule has 0 aromatic heterocycles. The van der Waals surface area contributed by atoms with Gasteiger partial charge in [0.1, 0.15) is 6.17 Å². The number of halogens is 2. The molecule has 0 aromatic carbocycles. The largest absolute Gasteiger partial charge is 0.479 e. The van der Waals surface area contributed by atoms with Gasteiger partial charge in [0.25, 0.3) is 0 Å². The molecule has 4 rings (SSSR count). The van der Waals surface area contributed by atoms with E-state index in [4.69, 9.17) is 0 Å². The molecule has 0 amide bonds. The fraction of sp³-hybridized carbons (Fsp3) is 0.700. The van der Waals surface area contributed by atoms with Crippen LogP contribution in [-0.2, 0) is 9.59 Å². The minimum absolute atomic E-state index is 0.0338. The summed E-state index contributed by atoms with van der Waals surface area (Å²) in [7, 11) is 0. The van der Waals surface area contributed by atoms with Gasteiger partial charge in [0.15, 0.2) is 17.1 Å². The number of ketones is 1. The number of hydrogen-bond donors (Lipinski definition) is 4. The molecule has 154 valence electrons. The molecule has 4 N–H and O–H groups in total. The van der Waals surface area contributed by atoms with Gasteiger partial charge in [-0.05, 0) is 49.8 Å². The highest BCUT2D eigenvalue weighted by atomic mass is 19.1. The number of alkyl halides is 2. The average Bonchev–Trinajstić information content (AvgIpc) is 2.81. The maximum Gasteiger partial charge on any atom is 0.339 e. The van der Waals surface area contributed by atoms with Crippen LogP contribution in [0, 0.1) is 22.7 Å². The van der Waals surface area contributed by atoms with Gasteiger partial charge < -0.3 is 20.4 Å². The van der Waals surface area contributed by atoms with Crippen molar-refractivity contribution >= 4 is 11.8 Å². The lowest BCUT2D eigenvalue weighted by Crippen LogP contribution is -2.70.